The highest BCUT2D eigenvalue weighted by atomic mass is 32.2. The first-order valence-corrected chi connectivity index (χ1v) is 11.9. The maximum atomic E-state index is 13.0. The molecular weight excluding hydrogens is 458 g/mol. The van der Waals surface area contributed by atoms with Gasteiger partial charge in [0, 0.05) is 36.2 Å². The van der Waals surface area contributed by atoms with Gasteiger partial charge in [0.05, 0.1) is 18.1 Å². The van der Waals surface area contributed by atoms with Crippen LogP contribution >= 0.6 is 11.8 Å². The Bertz CT molecular complexity index is 1200. The monoisotopic (exact) mass is 483 g/mol. The molecule has 34 heavy (non-hydrogen) atoms. The average molecular weight is 484 g/mol. The van der Waals surface area contributed by atoms with Crippen LogP contribution in [0, 0.1) is 13.8 Å². The lowest BCUT2D eigenvalue weighted by atomic mass is 10.2. The van der Waals surface area contributed by atoms with E-state index in [1.807, 2.05) is 38.1 Å². The summed E-state index contributed by atoms with van der Waals surface area (Å²) in [5, 5.41) is -0.432. The van der Waals surface area contributed by atoms with Crippen molar-refractivity contribution in [2.75, 3.05) is 46.1 Å². The van der Waals surface area contributed by atoms with E-state index in [1.54, 1.807) is 11.0 Å². The van der Waals surface area contributed by atoms with Crippen LogP contribution in [0.25, 0.3) is 11.8 Å². The van der Waals surface area contributed by atoms with Gasteiger partial charge in [0.25, 0.3) is 11.1 Å². The standard InChI is InChI=1S/C24H25N3O6S/c1-15-11-17(16(2)27(15)18-3-4-19-20(13-18)33-10-9-32-19)12-21-23(29)26(24(30)34-21)14-22(28)25-5-7-31-8-6-25/h3-4,11-13H,5-10,14H2,1-2H3/b21-12-. The predicted molar refractivity (Wildman–Crippen MR) is 126 cm³/mol. The number of hydrogen-bond acceptors (Lipinski definition) is 7. The number of rotatable bonds is 4. The van der Waals surface area contributed by atoms with E-state index in [-0.39, 0.29) is 12.5 Å². The lowest BCUT2D eigenvalue weighted by Gasteiger charge is -2.28. The second-order valence-electron chi connectivity index (χ2n) is 8.25. The first kappa shape index (κ1) is 22.5. The zero-order chi connectivity index (χ0) is 23.8. The maximum absolute atomic E-state index is 13.0. The first-order valence-electron chi connectivity index (χ1n) is 11.1. The van der Waals surface area contributed by atoms with Crippen molar-refractivity contribution >= 4 is 34.9 Å². The minimum atomic E-state index is -0.444. The SMILES string of the molecule is Cc1cc(/C=C2\SC(=O)N(CC(=O)N3CCOCC3)C2=O)c(C)n1-c1ccc2c(c1)OCCO2. The van der Waals surface area contributed by atoms with Crippen molar-refractivity contribution in [2.45, 2.75) is 13.8 Å². The van der Waals surface area contributed by atoms with Crippen LogP contribution in [-0.4, -0.2) is 77.5 Å². The molecule has 0 atom stereocenters. The molecule has 2 fully saturated rings. The van der Waals surface area contributed by atoms with E-state index in [4.69, 9.17) is 14.2 Å². The Balaban J connectivity index is 1.37. The van der Waals surface area contributed by atoms with E-state index in [0.29, 0.717) is 50.2 Å². The van der Waals surface area contributed by atoms with Gasteiger partial charge < -0.3 is 23.7 Å². The van der Waals surface area contributed by atoms with Crippen LogP contribution in [-0.2, 0) is 14.3 Å². The van der Waals surface area contributed by atoms with Gasteiger partial charge in [-0.3, -0.25) is 19.3 Å². The number of hydrogen-bond donors (Lipinski definition) is 0. The van der Waals surface area contributed by atoms with Crippen molar-refractivity contribution in [3.63, 3.8) is 0 Å². The number of ether oxygens (including phenoxy) is 3. The molecule has 0 bridgehead atoms. The van der Waals surface area contributed by atoms with E-state index < -0.39 is 11.1 Å². The second kappa shape index (κ2) is 9.19. The van der Waals surface area contributed by atoms with Crippen molar-refractivity contribution in [3.8, 4) is 17.2 Å². The van der Waals surface area contributed by atoms with E-state index in [2.05, 4.69) is 4.57 Å². The molecule has 10 heteroatoms. The number of carbonyl (C=O) groups is 3. The molecule has 0 saturated carbocycles. The molecule has 3 amide bonds. The van der Waals surface area contributed by atoms with Gasteiger partial charge >= 0.3 is 0 Å². The van der Waals surface area contributed by atoms with Gasteiger partial charge in [-0.15, -0.1) is 0 Å². The minimum absolute atomic E-state index is 0.247. The third-order valence-corrected chi connectivity index (χ3v) is 6.98. The Morgan fingerprint density at radius 2 is 1.76 bits per heavy atom. The van der Waals surface area contributed by atoms with Gasteiger partial charge in [0.2, 0.25) is 5.91 Å². The molecule has 0 spiro atoms. The van der Waals surface area contributed by atoms with Crippen LogP contribution < -0.4 is 9.47 Å². The first-order chi connectivity index (χ1) is 16.4. The molecule has 0 aliphatic carbocycles. The molecule has 9 nitrogen and oxygen atoms in total. The number of fused-ring (bicyclic) bond motifs is 1. The van der Waals surface area contributed by atoms with Crippen molar-refractivity contribution in [1.29, 1.82) is 0 Å². The Hall–Kier alpha value is -3.24. The molecule has 0 unspecified atom stereocenters. The normalized spacial score (nSPS) is 19.3. The van der Waals surface area contributed by atoms with Crippen LogP contribution in [0.5, 0.6) is 11.5 Å². The number of aromatic nitrogens is 1. The van der Waals surface area contributed by atoms with Crippen LogP contribution in [0.15, 0.2) is 29.2 Å². The molecule has 2 saturated heterocycles. The van der Waals surface area contributed by atoms with Gasteiger partial charge in [-0.25, -0.2) is 0 Å². The number of aryl methyl sites for hydroxylation is 1. The second-order valence-corrected chi connectivity index (χ2v) is 9.24. The topological polar surface area (TPSA) is 90.3 Å². The van der Waals surface area contributed by atoms with Gasteiger partial charge in [-0.2, -0.15) is 0 Å². The average Bonchev–Trinajstić information content (AvgIpc) is 3.28. The van der Waals surface area contributed by atoms with E-state index in [1.165, 1.54) is 0 Å². The fraction of sp³-hybridized carbons (Fsp3) is 0.375. The predicted octanol–water partition coefficient (Wildman–Crippen LogP) is 2.76. The Labute approximate surface area is 201 Å². The van der Waals surface area contributed by atoms with Crippen LogP contribution in [0.4, 0.5) is 4.79 Å². The molecule has 1 aromatic carbocycles. The Morgan fingerprint density at radius 3 is 2.53 bits per heavy atom. The number of amides is 3. The molecule has 3 aliphatic rings. The lowest BCUT2D eigenvalue weighted by Crippen LogP contribution is -2.46. The highest BCUT2D eigenvalue weighted by Gasteiger charge is 2.37. The molecule has 3 aliphatic heterocycles. The molecule has 5 rings (SSSR count). The number of carbonyl (C=O) groups excluding carboxylic acids is 3. The van der Waals surface area contributed by atoms with Crippen LogP contribution in [0.2, 0.25) is 0 Å². The van der Waals surface area contributed by atoms with Crippen LogP contribution in [0.1, 0.15) is 17.0 Å². The third-order valence-electron chi connectivity index (χ3n) is 6.07. The number of imide groups is 1. The lowest BCUT2D eigenvalue weighted by molar-refractivity contribution is -0.139. The zero-order valence-corrected chi connectivity index (χ0v) is 19.9. The number of morpholine rings is 1. The summed E-state index contributed by atoms with van der Waals surface area (Å²) in [5.74, 6) is 0.728. The summed E-state index contributed by atoms with van der Waals surface area (Å²) in [6.45, 7) is 6.60. The summed E-state index contributed by atoms with van der Waals surface area (Å²) >= 11 is 0.861. The molecular formula is C24H25N3O6S. The van der Waals surface area contributed by atoms with E-state index in [0.717, 1.165) is 45.1 Å². The molecule has 2 aromatic rings. The Kier molecular flexibility index (Phi) is 6.09. The molecule has 4 heterocycles. The largest absolute Gasteiger partial charge is 0.486 e. The molecule has 0 radical (unpaired) electrons. The van der Waals surface area contributed by atoms with Crippen molar-refractivity contribution < 1.29 is 28.6 Å². The number of thioether (sulfide) groups is 1. The third kappa shape index (κ3) is 4.19. The summed E-state index contributed by atoms with van der Waals surface area (Å²) in [7, 11) is 0. The zero-order valence-electron chi connectivity index (χ0n) is 19.0. The number of benzene rings is 1. The fourth-order valence-electron chi connectivity index (χ4n) is 4.33. The highest BCUT2D eigenvalue weighted by molar-refractivity contribution is 8.18. The van der Waals surface area contributed by atoms with Gasteiger partial charge in [0.15, 0.2) is 11.5 Å². The fourth-order valence-corrected chi connectivity index (χ4v) is 5.16. The van der Waals surface area contributed by atoms with Crippen molar-refractivity contribution in [2.24, 2.45) is 0 Å². The van der Waals surface area contributed by atoms with Crippen LogP contribution in [0.3, 0.4) is 0 Å². The summed E-state index contributed by atoms with van der Waals surface area (Å²) in [6.07, 6.45) is 1.72. The van der Waals surface area contributed by atoms with Crippen molar-refractivity contribution in [3.05, 3.63) is 46.1 Å². The van der Waals surface area contributed by atoms with Crippen molar-refractivity contribution in [1.82, 2.24) is 14.4 Å². The van der Waals surface area contributed by atoms with Gasteiger partial charge in [-0.1, -0.05) is 0 Å². The smallest absolute Gasteiger partial charge is 0.294 e. The summed E-state index contributed by atoms with van der Waals surface area (Å²) in [6, 6.07) is 7.75. The number of nitrogens with zero attached hydrogens (tertiary/aromatic N) is 3. The summed E-state index contributed by atoms with van der Waals surface area (Å²) in [4.78, 5) is 41.0. The maximum Gasteiger partial charge on any atom is 0.294 e. The van der Waals surface area contributed by atoms with Gasteiger partial charge in [0.1, 0.15) is 19.8 Å². The minimum Gasteiger partial charge on any atom is -0.486 e. The van der Waals surface area contributed by atoms with E-state index >= 15 is 0 Å². The molecule has 1 aromatic heterocycles. The summed E-state index contributed by atoms with van der Waals surface area (Å²) in [5.41, 5.74) is 3.65. The quantitative estimate of drug-likeness (QED) is 0.618. The molecule has 178 valence electrons. The highest BCUT2D eigenvalue weighted by Crippen LogP contribution is 2.36. The summed E-state index contributed by atoms with van der Waals surface area (Å²) < 4.78 is 18.7. The Morgan fingerprint density at radius 1 is 1.03 bits per heavy atom. The van der Waals surface area contributed by atoms with E-state index in [9.17, 15) is 14.4 Å². The van der Waals surface area contributed by atoms with Gasteiger partial charge in [-0.05, 0) is 55.4 Å². The molecule has 0 N–H and O–H groups in total.